The topological polar surface area (TPSA) is 109 Å². The summed E-state index contributed by atoms with van der Waals surface area (Å²) in [6, 6.07) is 32.0. The molecule has 0 radical (unpaired) electrons. The number of aromatic amines is 1. The van der Waals surface area contributed by atoms with Gasteiger partial charge in [-0.05, 0) is 59.7 Å². The summed E-state index contributed by atoms with van der Waals surface area (Å²) in [5.41, 5.74) is 8.07. The second-order valence-corrected chi connectivity index (χ2v) is 11.2. The number of nitrogens with two attached hydrogens (primary N) is 1. The Bertz CT molecular complexity index is 1890. The molecule has 5 aromatic rings. The van der Waals surface area contributed by atoms with Gasteiger partial charge < -0.3 is 11.1 Å². The van der Waals surface area contributed by atoms with E-state index < -0.39 is 17.4 Å². The fraction of sp³-hybridized carbons (Fsp3) is 0.0938. The van der Waals surface area contributed by atoms with E-state index in [-0.39, 0.29) is 17.3 Å². The predicted molar refractivity (Wildman–Crippen MR) is 165 cm³/mol. The highest BCUT2D eigenvalue weighted by atomic mass is 35.5. The lowest BCUT2D eigenvalue weighted by molar-refractivity contribution is -0.125. The molecule has 1 aromatic heterocycles. The molecule has 3 heterocycles. The number of aromatic nitrogens is 2. The summed E-state index contributed by atoms with van der Waals surface area (Å²) >= 11 is 12.6. The van der Waals surface area contributed by atoms with Crippen LogP contribution < -0.4 is 21.6 Å². The van der Waals surface area contributed by atoms with Crippen LogP contribution in [0, 0.1) is 5.41 Å². The monoisotopic (exact) mass is 594 g/mol. The Labute approximate surface area is 251 Å². The molecule has 4 N–H and O–H groups in total. The van der Waals surface area contributed by atoms with E-state index >= 15 is 0 Å². The summed E-state index contributed by atoms with van der Waals surface area (Å²) in [5, 5.41) is 13.8. The van der Waals surface area contributed by atoms with Gasteiger partial charge in [0.05, 0.1) is 23.0 Å². The van der Waals surface area contributed by atoms with Crippen LogP contribution in [0.5, 0.6) is 0 Å². The molecule has 208 valence electrons. The van der Waals surface area contributed by atoms with E-state index in [1.54, 1.807) is 36.4 Å². The number of nitrogens with zero attached hydrogens (tertiary/aromatic N) is 3. The SMILES string of the molecule is NC1=NN(c2ccccc2)C(=O)C12[C@@H](c1ccc(Cl)cc1)c1c([nH]n(-c3ccccc3)c1=O)N[C@H]2c1ccc(Cl)cc1. The van der Waals surface area contributed by atoms with Crippen LogP contribution in [0.4, 0.5) is 11.5 Å². The maximum atomic E-state index is 14.9. The number of halogens is 2. The van der Waals surface area contributed by atoms with Crippen molar-refractivity contribution in [2.24, 2.45) is 16.3 Å². The number of benzene rings is 4. The number of para-hydroxylation sites is 2. The molecule has 1 amide bonds. The Hall–Kier alpha value is -4.79. The number of fused-ring (bicyclic) bond motifs is 1. The first-order valence-corrected chi connectivity index (χ1v) is 14.1. The van der Waals surface area contributed by atoms with Crippen molar-refractivity contribution >= 4 is 46.4 Å². The largest absolute Gasteiger partial charge is 0.385 e. The van der Waals surface area contributed by atoms with Gasteiger partial charge in [0.15, 0.2) is 0 Å². The maximum absolute atomic E-state index is 14.9. The summed E-state index contributed by atoms with van der Waals surface area (Å²) in [7, 11) is 0. The first-order valence-electron chi connectivity index (χ1n) is 13.3. The molecule has 0 saturated heterocycles. The van der Waals surface area contributed by atoms with Gasteiger partial charge in [-0.1, -0.05) is 83.9 Å². The third-order valence-corrected chi connectivity index (χ3v) is 8.52. The predicted octanol–water partition coefficient (Wildman–Crippen LogP) is 6.08. The third kappa shape index (κ3) is 3.87. The summed E-state index contributed by atoms with van der Waals surface area (Å²) in [6.45, 7) is 0. The zero-order valence-corrected chi connectivity index (χ0v) is 23.6. The minimum Gasteiger partial charge on any atom is -0.385 e. The van der Waals surface area contributed by atoms with Crippen LogP contribution in [-0.4, -0.2) is 21.5 Å². The summed E-state index contributed by atoms with van der Waals surface area (Å²) in [5.74, 6) is -0.629. The Kier molecular flexibility index (Phi) is 6.18. The Balaban J connectivity index is 1.54. The molecule has 1 unspecified atom stereocenters. The van der Waals surface area contributed by atoms with E-state index in [2.05, 4.69) is 15.5 Å². The molecule has 8 nitrogen and oxygen atoms in total. The zero-order chi connectivity index (χ0) is 29.0. The molecular weight excluding hydrogens is 571 g/mol. The van der Waals surface area contributed by atoms with Gasteiger partial charge in [0, 0.05) is 16.0 Å². The second-order valence-electron chi connectivity index (χ2n) is 10.3. The smallest absolute Gasteiger partial charge is 0.277 e. The number of hydrogen-bond donors (Lipinski definition) is 3. The average molecular weight is 595 g/mol. The van der Waals surface area contributed by atoms with Crippen LogP contribution in [0.3, 0.4) is 0 Å². The van der Waals surface area contributed by atoms with Crippen molar-refractivity contribution in [2.75, 3.05) is 10.3 Å². The molecule has 2 aliphatic rings. The number of amidine groups is 1. The molecule has 42 heavy (non-hydrogen) atoms. The van der Waals surface area contributed by atoms with Crippen LogP contribution in [-0.2, 0) is 4.79 Å². The number of rotatable bonds is 4. The minimum absolute atomic E-state index is 0.0845. The molecule has 0 bridgehead atoms. The van der Waals surface area contributed by atoms with Crippen molar-refractivity contribution in [3.63, 3.8) is 0 Å². The molecular formula is C32H24Cl2N6O2. The average Bonchev–Trinajstić information content (AvgIpc) is 3.48. The lowest BCUT2D eigenvalue weighted by Gasteiger charge is -2.45. The van der Waals surface area contributed by atoms with Gasteiger partial charge in [0.25, 0.3) is 11.5 Å². The highest BCUT2D eigenvalue weighted by Crippen LogP contribution is 2.58. The molecule has 4 aromatic carbocycles. The number of nitrogens with one attached hydrogen (secondary N) is 2. The van der Waals surface area contributed by atoms with Crippen molar-refractivity contribution < 1.29 is 4.79 Å². The van der Waals surface area contributed by atoms with Gasteiger partial charge in [-0.25, -0.2) is 4.68 Å². The van der Waals surface area contributed by atoms with Crippen molar-refractivity contribution in [2.45, 2.75) is 12.0 Å². The molecule has 7 rings (SSSR count). The fourth-order valence-corrected chi connectivity index (χ4v) is 6.39. The van der Waals surface area contributed by atoms with E-state index in [9.17, 15) is 9.59 Å². The normalized spacial score (nSPS) is 21.2. The summed E-state index contributed by atoms with van der Waals surface area (Å²) in [4.78, 5) is 29.2. The summed E-state index contributed by atoms with van der Waals surface area (Å²) in [6.07, 6.45) is 0. The van der Waals surface area contributed by atoms with Crippen LogP contribution in [0.1, 0.15) is 28.7 Å². The van der Waals surface area contributed by atoms with Gasteiger partial charge in [-0.15, -0.1) is 0 Å². The molecule has 0 aliphatic carbocycles. The van der Waals surface area contributed by atoms with Gasteiger partial charge >= 0.3 is 0 Å². The molecule has 10 heteroatoms. The van der Waals surface area contributed by atoms with E-state index in [0.29, 0.717) is 38.4 Å². The standard InChI is InChI=1S/C32H24Cl2N6O2/c33-21-15-11-19(12-16-21)26-25-28(37-39(29(25)41)23-7-3-1-4-8-23)36-27(20-13-17-22(34)18-14-20)32(26)30(35)38-40(31(32)42)24-9-5-2-6-10-24/h1-18,26-27,36-37H,(H2,35,38)/t26-,27-,32?/m0/s1. The van der Waals surface area contributed by atoms with Crippen LogP contribution in [0.15, 0.2) is 119 Å². The molecule has 0 saturated carbocycles. The number of H-pyrrole nitrogens is 1. The van der Waals surface area contributed by atoms with Gasteiger partial charge in [-0.3, -0.25) is 14.7 Å². The van der Waals surface area contributed by atoms with Crippen LogP contribution in [0.25, 0.3) is 5.69 Å². The maximum Gasteiger partial charge on any atom is 0.277 e. The second kappa shape index (κ2) is 9.94. The highest BCUT2D eigenvalue weighted by molar-refractivity contribution is 6.31. The van der Waals surface area contributed by atoms with Crippen LogP contribution in [0.2, 0.25) is 10.0 Å². The number of anilines is 2. The lowest BCUT2D eigenvalue weighted by Crippen LogP contribution is -2.56. The van der Waals surface area contributed by atoms with E-state index in [1.165, 1.54) is 9.69 Å². The zero-order valence-electron chi connectivity index (χ0n) is 22.0. The number of hydrazone groups is 1. The van der Waals surface area contributed by atoms with Crippen molar-refractivity contribution in [3.8, 4) is 5.69 Å². The fourth-order valence-electron chi connectivity index (χ4n) is 6.13. The first-order chi connectivity index (χ1) is 20.4. The number of carbonyl (C=O) groups excluding carboxylic acids is 1. The molecule has 3 atom stereocenters. The molecule has 1 spiro atoms. The molecule has 0 fully saturated rings. The van der Waals surface area contributed by atoms with E-state index in [4.69, 9.17) is 28.9 Å². The quantitative estimate of drug-likeness (QED) is 0.234. The number of carbonyl (C=O) groups is 1. The lowest BCUT2D eigenvalue weighted by atomic mass is 9.60. The minimum atomic E-state index is -1.53. The Morgan fingerprint density at radius 2 is 1.29 bits per heavy atom. The van der Waals surface area contributed by atoms with Gasteiger partial charge in [0.2, 0.25) is 0 Å². The third-order valence-electron chi connectivity index (χ3n) is 8.01. The number of amides is 1. The van der Waals surface area contributed by atoms with Gasteiger partial charge in [-0.2, -0.15) is 10.1 Å². The van der Waals surface area contributed by atoms with Crippen molar-refractivity contribution in [3.05, 3.63) is 146 Å². The van der Waals surface area contributed by atoms with Crippen LogP contribution >= 0.6 is 23.2 Å². The highest BCUT2D eigenvalue weighted by Gasteiger charge is 2.65. The Morgan fingerprint density at radius 1 is 0.738 bits per heavy atom. The first kappa shape index (κ1) is 26.1. The Morgan fingerprint density at radius 3 is 1.88 bits per heavy atom. The van der Waals surface area contributed by atoms with E-state index in [0.717, 1.165) is 5.56 Å². The number of hydrogen-bond acceptors (Lipinski definition) is 5. The summed E-state index contributed by atoms with van der Waals surface area (Å²) < 4.78 is 1.47. The van der Waals surface area contributed by atoms with Crippen molar-refractivity contribution in [1.82, 2.24) is 9.78 Å². The molecule has 2 aliphatic heterocycles. The van der Waals surface area contributed by atoms with Crippen molar-refractivity contribution in [1.29, 1.82) is 0 Å². The van der Waals surface area contributed by atoms with Gasteiger partial charge in [0.1, 0.15) is 17.1 Å². The van der Waals surface area contributed by atoms with E-state index in [1.807, 2.05) is 72.8 Å².